The maximum absolute atomic E-state index is 2.99. The van der Waals surface area contributed by atoms with Crippen molar-refractivity contribution in [3.8, 4) is 0 Å². The van der Waals surface area contributed by atoms with Gasteiger partial charge in [0.05, 0.1) is 0 Å². The average molecular weight is 140 g/mol. The number of nitrogens with zero attached hydrogens (tertiary/aromatic N) is 1. The van der Waals surface area contributed by atoms with Crippen LogP contribution in [-0.2, 0) is 0 Å². The van der Waals surface area contributed by atoms with E-state index in [-0.39, 0.29) is 0 Å². The zero-order valence-corrected chi connectivity index (χ0v) is 6.64. The third-order valence-corrected chi connectivity index (χ3v) is 1.84. The third kappa shape index (κ3) is 2.29. The van der Waals surface area contributed by atoms with E-state index in [1.165, 1.54) is 32.4 Å². The van der Waals surface area contributed by atoms with Crippen LogP contribution in [0.1, 0.15) is 19.3 Å². The van der Waals surface area contributed by atoms with Crippen LogP contribution in [-0.4, -0.2) is 25.0 Å². The second kappa shape index (κ2) is 4.20. The lowest BCUT2D eigenvalue weighted by Crippen LogP contribution is -2.24. The number of rotatable bonds is 2. The van der Waals surface area contributed by atoms with E-state index in [1.807, 2.05) is 13.2 Å². The molecule has 0 amide bonds. The standard InChI is InChI=1S/C8H16N2/c1-9-5-8-10-6-3-2-4-7-10/h5,8-9H,2-4,6-7H2,1H3. The highest BCUT2D eigenvalue weighted by molar-refractivity contribution is 4.81. The van der Waals surface area contributed by atoms with Gasteiger partial charge in [-0.25, -0.2) is 0 Å². The zero-order chi connectivity index (χ0) is 7.23. The molecule has 1 aliphatic heterocycles. The Bertz CT molecular complexity index is 104. The molecule has 1 rings (SSSR count). The van der Waals surface area contributed by atoms with E-state index in [0.717, 1.165) is 0 Å². The minimum atomic E-state index is 1.23. The van der Waals surface area contributed by atoms with Gasteiger partial charge in [0.15, 0.2) is 0 Å². The van der Waals surface area contributed by atoms with Gasteiger partial charge in [-0.3, -0.25) is 0 Å². The summed E-state index contributed by atoms with van der Waals surface area (Å²) in [6, 6.07) is 0. The Morgan fingerprint density at radius 1 is 1.20 bits per heavy atom. The smallest absolute Gasteiger partial charge is 0.0173 e. The molecule has 0 atom stereocenters. The monoisotopic (exact) mass is 140 g/mol. The second-order valence-electron chi connectivity index (χ2n) is 2.70. The number of likely N-dealkylation sites (tertiary alicyclic amines) is 1. The van der Waals surface area contributed by atoms with Crippen molar-refractivity contribution < 1.29 is 0 Å². The van der Waals surface area contributed by atoms with E-state index in [2.05, 4.69) is 16.4 Å². The Kier molecular flexibility index (Phi) is 3.13. The fourth-order valence-electron chi connectivity index (χ4n) is 1.25. The Morgan fingerprint density at radius 3 is 2.50 bits per heavy atom. The molecule has 1 fully saturated rings. The minimum absolute atomic E-state index is 1.23. The molecule has 0 bridgehead atoms. The molecule has 1 aliphatic rings. The molecule has 2 heteroatoms. The lowest BCUT2D eigenvalue weighted by molar-refractivity contribution is 0.308. The summed E-state index contributed by atoms with van der Waals surface area (Å²) in [7, 11) is 1.93. The van der Waals surface area contributed by atoms with Gasteiger partial charge in [-0.1, -0.05) is 0 Å². The summed E-state index contributed by atoms with van der Waals surface area (Å²) in [5, 5.41) is 2.99. The van der Waals surface area contributed by atoms with Crippen LogP contribution in [0.4, 0.5) is 0 Å². The zero-order valence-electron chi connectivity index (χ0n) is 6.64. The highest BCUT2D eigenvalue weighted by Crippen LogP contribution is 2.07. The topological polar surface area (TPSA) is 15.3 Å². The fourth-order valence-corrected chi connectivity index (χ4v) is 1.25. The van der Waals surface area contributed by atoms with Crippen LogP contribution in [0.5, 0.6) is 0 Å². The van der Waals surface area contributed by atoms with Gasteiger partial charge in [0.2, 0.25) is 0 Å². The number of hydrogen-bond acceptors (Lipinski definition) is 2. The van der Waals surface area contributed by atoms with Gasteiger partial charge >= 0.3 is 0 Å². The van der Waals surface area contributed by atoms with E-state index >= 15 is 0 Å². The molecule has 10 heavy (non-hydrogen) atoms. The van der Waals surface area contributed by atoms with Gasteiger partial charge in [0.1, 0.15) is 0 Å². The average Bonchev–Trinajstić information content (AvgIpc) is 2.03. The first-order valence-electron chi connectivity index (χ1n) is 4.01. The van der Waals surface area contributed by atoms with E-state index in [0.29, 0.717) is 0 Å². The number of piperidine rings is 1. The fraction of sp³-hybridized carbons (Fsp3) is 0.750. The molecule has 1 heterocycles. The van der Waals surface area contributed by atoms with Crippen molar-refractivity contribution in [1.29, 1.82) is 0 Å². The lowest BCUT2D eigenvalue weighted by atomic mass is 10.1. The molecule has 1 saturated heterocycles. The molecule has 0 aromatic heterocycles. The van der Waals surface area contributed by atoms with Crippen LogP contribution in [0.3, 0.4) is 0 Å². The van der Waals surface area contributed by atoms with Crippen molar-refractivity contribution in [2.45, 2.75) is 19.3 Å². The molecule has 2 nitrogen and oxygen atoms in total. The molecule has 1 N–H and O–H groups in total. The van der Waals surface area contributed by atoms with E-state index in [4.69, 9.17) is 0 Å². The summed E-state index contributed by atoms with van der Waals surface area (Å²) < 4.78 is 0. The van der Waals surface area contributed by atoms with Crippen molar-refractivity contribution in [3.05, 3.63) is 12.4 Å². The summed E-state index contributed by atoms with van der Waals surface area (Å²) >= 11 is 0. The highest BCUT2D eigenvalue weighted by Gasteiger charge is 2.03. The van der Waals surface area contributed by atoms with Crippen LogP contribution in [0.2, 0.25) is 0 Å². The summed E-state index contributed by atoms with van der Waals surface area (Å²) in [6.45, 7) is 2.47. The van der Waals surface area contributed by atoms with Crippen LogP contribution in [0.15, 0.2) is 12.4 Å². The maximum Gasteiger partial charge on any atom is 0.0173 e. The molecule has 0 unspecified atom stereocenters. The maximum atomic E-state index is 2.99. The highest BCUT2D eigenvalue weighted by atomic mass is 15.1. The number of hydrogen-bond donors (Lipinski definition) is 1. The van der Waals surface area contributed by atoms with E-state index < -0.39 is 0 Å². The molecule has 0 spiro atoms. The molecule has 0 radical (unpaired) electrons. The van der Waals surface area contributed by atoms with Crippen molar-refractivity contribution in [3.63, 3.8) is 0 Å². The summed E-state index contributed by atoms with van der Waals surface area (Å²) in [5.41, 5.74) is 0. The van der Waals surface area contributed by atoms with Crippen LogP contribution < -0.4 is 5.32 Å². The SMILES string of the molecule is CNC=CN1CCCCC1. The molecule has 0 aromatic rings. The molecular weight excluding hydrogens is 124 g/mol. The van der Waals surface area contributed by atoms with Gasteiger partial charge in [-0.2, -0.15) is 0 Å². The summed E-state index contributed by atoms with van der Waals surface area (Å²) in [4.78, 5) is 2.36. The van der Waals surface area contributed by atoms with E-state index in [9.17, 15) is 0 Å². The van der Waals surface area contributed by atoms with Crippen molar-refractivity contribution in [2.24, 2.45) is 0 Å². The van der Waals surface area contributed by atoms with Crippen molar-refractivity contribution in [1.82, 2.24) is 10.2 Å². The van der Waals surface area contributed by atoms with Gasteiger partial charge in [-0.05, 0) is 19.3 Å². The van der Waals surface area contributed by atoms with Gasteiger partial charge in [-0.15, -0.1) is 0 Å². The Morgan fingerprint density at radius 2 is 1.90 bits per heavy atom. The first kappa shape index (κ1) is 7.45. The number of nitrogens with one attached hydrogen (secondary N) is 1. The Hall–Kier alpha value is -0.660. The van der Waals surface area contributed by atoms with Crippen molar-refractivity contribution in [2.75, 3.05) is 20.1 Å². The first-order chi connectivity index (χ1) is 4.93. The summed E-state index contributed by atoms with van der Waals surface area (Å²) in [6.07, 6.45) is 8.25. The van der Waals surface area contributed by atoms with Gasteiger partial charge in [0, 0.05) is 32.5 Å². The Balaban J connectivity index is 2.19. The first-order valence-corrected chi connectivity index (χ1v) is 4.01. The molecule has 0 aromatic carbocycles. The molecule has 58 valence electrons. The molecule has 0 saturated carbocycles. The largest absolute Gasteiger partial charge is 0.393 e. The van der Waals surface area contributed by atoms with Crippen LogP contribution in [0.25, 0.3) is 0 Å². The predicted molar refractivity (Wildman–Crippen MR) is 43.6 cm³/mol. The normalized spacial score (nSPS) is 19.9. The minimum Gasteiger partial charge on any atom is -0.393 e. The van der Waals surface area contributed by atoms with Crippen LogP contribution in [0, 0.1) is 0 Å². The predicted octanol–water partition coefficient (Wildman–Crippen LogP) is 1.16. The molecule has 0 aliphatic carbocycles. The summed E-state index contributed by atoms with van der Waals surface area (Å²) in [5.74, 6) is 0. The molecular formula is C8H16N2. The van der Waals surface area contributed by atoms with Crippen LogP contribution >= 0.6 is 0 Å². The third-order valence-electron chi connectivity index (χ3n) is 1.84. The Labute approximate surface area is 62.9 Å². The van der Waals surface area contributed by atoms with Gasteiger partial charge in [0.25, 0.3) is 0 Å². The second-order valence-corrected chi connectivity index (χ2v) is 2.70. The van der Waals surface area contributed by atoms with Crippen molar-refractivity contribution >= 4 is 0 Å². The lowest BCUT2D eigenvalue weighted by Gasteiger charge is -2.24. The quantitative estimate of drug-likeness (QED) is 0.619. The van der Waals surface area contributed by atoms with Gasteiger partial charge < -0.3 is 10.2 Å². The van der Waals surface area contributed by atoms with E-state index in [1.54, 1.807) is 0 Å².